The fourth-order valence-electron chi connectivity index (χ4n) is 0.850. The maximum absolute atomic E-state index is 11.2. The molecule has 0 aliphatic rings. The van der Waals surface area contributed by atoms with Gasteiger partial charge in [0.05, 0.1) is 0 Å². The maximum atomic E-state index is 11.2. The van der Waals surface area contributed by atoms with Crippen molar-refractivity contribution in [3.63, 3.8) is 0 Å². The fourth-order valence-corrected chi connectivity index (χ4v) is 1.66. The summed E-state index contributed by atoms with van der Waals surface area (Å²) in [7, 11) is 3.26. The lowest BCUT2D eigenvalue weighted by Gasteiger charge is -2.11. The summed E-state index contributed by atoms with van der Waals surface area (Å²) in [6.07, 6.45) is 0. The van der Waals surface area contributed by atoms with Crippen molar-refractivity contribution < 1.29 is 4.79 Å². The average molecular weight is 214 g/mol. The van der Waals surface area contributed by atoms with Gasteiger partial charge >= 0.3 is 6.03 Å². The van der Waals surface area contributed by atoms with E-state index in [9.17, 15) is 4.79 Å². The molecule has 0 atom stereocenters. The van der Waals surface area contributed by atoms with Crippen molar-refractivity contribution >= 4 is 22.5 Å². The highest BCUT2D eigenvalue weighted by Crippen LogP contribution is 2.24. The minimum Gasteiger partial charge on any atom is -0.341 e. The van der Waals surface area contributed by atoms with E-state index in [1.54, 1.807) is 14.1 Å². The van der Waals surface area contributed by atoms with Gasteiger partial charge in [-0.2, -0.15) is 0 Å². The molecule has 0 radical (unpaired) electrons. The molecule has 1 rings (SSSR count). The highest BCUT2D eigenvalue weighted by molar-refractivity contribution is 7.15. The Kier molecular flexibility index (Phi) is 3.40. The van der Waals surface area contributed by atoms with Gasteiger partial charge in [0.15, 0.2) is 0 Å². The lowest BCUT2D eigenvalue weighted by molar-refractivity contribution is 0.249. The van der Waals surface area contributed by atoms with Crippen LogP contribution in [0.2, 0.25) is 0 Å². The summed E-state index contributed by atoms with van der Waals surface area (Å²) in [6, 6.07) is -0.184. The Morgan fingerprint density at radius 2 is 2.14 bits per heavy atom. The molecule has 1 aromatic heterocycles. The van der Waals surface area contributed by atoms with Crippen molar-refractivity contribution in [3.05, 3.63) is 5.01 Å². The van der Waals surface area contributed by atoms with Gasteiger partial charge in [-0.25, -0.2) is 4.79 Å². The SMILES string of the molecule is CNC(=O)N(C)c1nnc(C(C)C)s1. The van der Waals surface area contributed by atoms with Crippen LogP contribution in [0.15, 0.2) is 0 Å². The van der Waals surface area contributed by atoms with Crippen LogP contribution in [0.4, 0.5) is 9.93 Å². The normalized spacial score (nSPS) is 10.4. The van der Waals surface area contributed by atoms with Gasteiger partial charge in [-0.1, -0.05) is 25.2 Å². The van der Waals surface area contributed by atoms with Gasteiger partial charge in [-0.05, 0) is 0 Å². The fraction of sp³-hybridized carbons (Fsp3) is 0.625. The molecule has 0 unspecified atom stereocenters. The summed E-state index contributed by atoms with van der Waals surface area (Å²) in [5, 5.41) is 12.0. The number of rotatable bonds is 2. The quantitative estimate of drug-likeness (QED) is 0.810. The molecule has 0 fully saturated rings. The van der Waals surface area contributed by atoms with Crippen LogP contribution in [0.25, 0.3) is 0 Å². The number of urea groups is 1. The van der Waals surface area contributed by atoms with Gasteiger partial charge in [0.25, 0.3) is 0 Å². The number of nitrogens with one attached hydrogen (secondary N) is 1. The van der Waals surface area contributed by atoms with Crippen molar-refractivity contribution in [3.8, 4) is 0 Å². The number of carbonyl (C=O) groups excluding carboxylic acids is 1. The molecule has 14 heavy (non-hydrogen) atoms. The topological polar surface area (TPSA) is 58.1 Å². The van der Waals surface area contributed by atoms with Crippen LogP contribution < -0.4 is 10.2 Å². The summed E-state index contributed by atoms with van der Waals surface area (Å²) in [5.41, 5.74) is 0. The predicted octanol–water partition coefficient (Wildman–Crippen LogP) is 1.44. The van der Waals surface area contributed by atoms with Crippen LogP contribution in [0.3, 0.4) is 0 Å². The van der Waals surface area contributed by atoms with Crippen LogP contribution in [0.1, 0.15) is 24.8 Å². The second kappa shape index (κ2) is 4.36. The molecular formula is C8H14N4OS. The zero-order valence-electron chi connectivity index (χ0n) is 8.74. The first-order valence-electron chi connectivity index (χ1n) is 4.35. The maximum Gasteiger partial charge on any atom is 0.323 e. The lowest BCUT2D eigenvalue weighted by atomic mass is 10.2. The Balaban J connectivity index is 2.81. The first-order valence-corrected chi connectivity index (χ1v) is 5.16. The Labute approximate surface area is 87.1 Å². The molecule has 5 nitrogen and oxygen atoms in total. The van der Waals surface area contributed by atoms with Crippen molar-refractivity contribution in [1.82, 2.24) is 15.5 Å². The Hall–Kier alpha value is -1.17. The lowest BCUT2D eigenvalue weighted by Crippen LogP contribution is -2.34. The van der Waals surface area contributed by atoms with E-state index < -0.39 is 0 Å². The molecule has 0 spiro atoms. The number of anilines is 1. The van der Waals surface area contributed by atoms with Gasteiger partial charge < -0.3 is 5.32 Å². The highest BCUT2D eigenvalue weighted by atomic mass is 32.1. The monoisotopic (exact) mass is 214 g/mol. The van der Waals surface area contributed by atoms with E-state index in [0.29, 0.717) is 11.0 Å². The Morgan fingerprint density at radius 3 is 2.57 bits per heavy atom. The molecule has 1 N–H and O–H groups in total. The molecule has 1 heterocycles. The van der Waals surface area contributed by atoms with Crippen molar-refractivity contribution in [1.29, 1.82) is 0 Å². The van der Waals surface area contributed by atoms with Gasteiger partial charge in [0, 0.05) is 20.0 Å². The molecule has 0 aliphatic carbocycles. The Bertz CT molecular complexity index is 323. The molecule has 78 valence electrons. The summed E-state index contributed by atoms with van der Waals surface area (Å²) >= 11 is 1.44. The molecular weight excluding hydrogens is 200 g/mol. The second-order valence-electron chi connectivity index (χ2n) is 3.19. The molecule has 0 saturated heterocycles. The Morgan fingerprint density at radius 1 is 1.50 bits per heavy atom. The second-order valence-corrected chi connectivity index (χ2v) is 4.18. The van der Waals surface area contributed by atoms with Crippen molar-refractivity contribution in [2.75, 3.05) is 19.0 Å². The summed E-state index contributed by atoms with van der Waals surface area (Å²) in [5.74, 6) is 0.347. The van der Waals surface area contributed by atoms with Gasteiger partial charge in [-0.3, -0.25) is 4.90 Å². The third-order valence-corrected chi connectivity index (χ3v) is 3.03. The summed E-state index contributed by atoms with van der Waals surface area (Å²) < 4.78 is 0. The van der Waals surface area contributed by atoms with E-state index in [-0.39, 0.29) is 6.03 Å². The van der Waals surface area contributed by atoms with Gasteiger partial charge in [0.1, 0.15) is 5.01 Å². The molecule has 0 aliphatic heterocycles. The van der Waals surface area contributed by atoms with Crippen molar-refractivity contribution in [2.24, 2.45) is 0 Å². The van der Waals surface area contributed by atoms with Crippen LogP contribution in [-0.2, 0) is 0 Å². The van der Waals surface area contributed by atoms with Crippen LogP contribution in [0, 0.1) is 0 Å². The van der Waals surface area contributed by atoms with Crippen molar-refractivity contribution in [2.45, 2.75) is 19.8 Å². The number of aromatic nitrogens is 2. The van der Waals surface area contributed by atoms with E-state index in [1.165, 1.54) is 16.2 Å². The third kappa shape index (κ3) is 2.20. The smallest absolute Gasteiger partial charge is 0.323 e. The van der Waals surface area contributed by atoms with Gasteiger partial charge in [0.2, 0.25) is 5.13 Å². The summed E-state index contributed by atoms with van der Waals surface area (Å²) in [6.45, 7) is 4.09. The minimum atomic E-state index is -0.184. The highest BCUT2D eigenvalue weighted by Gasteiger charge is 2.15. The number of nitrogens with zero attached hydrogens (tertiary/aromatic N) is 3. The zero-order chi connectivity index (χ0) is 10.7. The van der Waals surface area contributed by atoms with E-state index in [0.717, 1.165) is 5.01 Å². The summed E-state index contributed by atoms with van der Waals surface area (Å²) in [4.78, 5) is 12.7. The van der Waals surface area contributed by atoms with Crippen LogP contribution in [-0.4, -0.2) is 30.3 Å². The van der Waals surface area contributed by atoms with Crippen LogP contribution >= 0.6 is 11.3 Å². The molecule has 6 heteroatoms. The first kappa shape index (κ1) is 10.9. The first-order chi connectivity index (χ1) is 6.56. The van der Waals surface area contributed by atoms with E-state index >= 15 is 0 Å². The average Bonchev–Trinajstić information content (AvgIpc) is 2.64. The molecule has 0 bridgehead atoms. The number of amides is 2. The van der Waals surface area contributed by atoms with E-state index in [2.05, 4.69) is 15.5 Å². The standard InChI is InChI=1S/C8H14N4OS/c1-5(2)6-10-11-8(14-6)12(4)7(13)9-3/h5H,1-4H3,(H,9,13). The van der Waals surface area contributed by atoms with Crippen LogP contribution in [0.5, 0.6) is 0 Å². The van der Waals surface area contributed by atoms with E-state index in [4.69, 9.17) is 0 Å². The van der Waals surface area contributed by atoms with Gasteiger partial charge in [-0.15, -0.1) is 10.2 Å². The molecule has 2 amide bonds. The zero-order valence-corrected chi connectivity index (χ0v) is 9.55. The largest absolute Gasteiger partial charge is 0.341 e. The molecule has 0 saturated carbocycles. The molecule has 0 aromatic carbocycles. The number of carbonyl (C=O) groups is 1. The third-order valence-electron chi connectivity index (χ3n) is 1.73. The molecule has 1 aromatic rings. The number of hydrogen-bond acceptors (Lipinski definition) is 4. The minimum absolute atomic E-state index is 0.184. The number of hydrogen-bond donors (Lipinski definition) is 1. The predicted molar refractivity (Wildman–Crippen MR) is 56.9 cm³/mol. The van der Waals surface area contributed by atoms with E-state index in [1.807, 2.05) is 13.8 Å².